The number of fused-ring (bicyclic) bond motifs is 1. The third-order valence-electron chi connectivity index (χ3n) is 3.88. The van der Waals surface area contributed by atoms with Gasteiger partial charge in [-0.2, -0.15) is 9.50 Å². The molecule has 2 N–H and O–H groups in total. The van der Waals surface area contributed by atoms with E-state index in [0.717, 1.165) is 22.8 Å². The highest BCUT2D eigenvalue weighted by atomic mass is 16.5. The van der Waals surface area contributed by atoms with Crippen molar-refractivity contribution in [2.24, 2.45) is 0 Å². The molecule has 0 unspecified atom stereocenters. The van der Waals surface area contributed by atoms with Gasteiger partial charge in [0.2, 0.25) is 5.95 Å². The molecule has 3 aromatic rings. The Hall–Kier alpha value is -3.03. The van der Waals surface area contributed by atoms with Crippen LogP contribution in [0.5, 0.6) is 11.5 Å². The molecule has 0 fully saturated rings. The minimum Gasteiger partial charge on any atom is -0.497 e. The van der Waals surface area contributed by atoms with Crippen molar-refractivity contribution in [1.82, 2.24) is 19.6 Å². The smallest absolute Gasteiger partial charge is 0.274 e. The zero-order valence-corrected chi connectivity index (χ0v) is 14.7. The number of rotatable bonds is 6. The van der Waals surface area contributed by atoms with Crippen LogP contribution in [0.3, 0.4) is 0 Å². The molecular formula is C17H21N5O3. The van der Waals surface area contributed by atoms with E-state index in [1.54, 1.807) is 14.2 Å². The summed E-state index contributed by atoms with van der Waals surface area (Å²) >= 11 is 0. The Morgan fingerprint density at radius 3 is 2.68 bits per heavy atom. The molecular weight excluding hydrogens is 322 g/mol. The number of methoxy groups -OCH3 is 2. The first-order valence-corrected chi connectivity index (χ1v) is 7.96. The van der Waals surface area contributed by atoms with Crippen molar-refractivity contribution >= 4 is 11.7 Å². The fraction of sp³-hybridized carbons (Fsp3) is 0.353. The molecule has 1 aromatic carbocycles. The molecule has 0 radical (unpaired) electrons. The molecule has 25 heavy (non-hydrogen) atoms. The van der Waals surface area contributed by atoms with E-state index in [4.69, 9.17) is 9.47 Å². The Morgan fingerprint density at radius 1 is 1.20 bits per heavy atom. The van der Waals surface area contributed by atoms with Gasteiger partial charge in [-0.25, -0.2) is 4.98 Å². The SMILES string of the molecule is COc1ccc(OC)c(CNc2nc3nc(C(C)C)cc(=O)n3[nH]2)c1. The molecule has 8 nitrogen and oxygen atoms in total. The minimum absolute atomic E-state index is 0.159. The number of nitrogens with one attached hydrogen (secondary N) is 2. The molecule has 0 amide bonds. The van der Waals surface area contributed by atoms with E-state index in [0.29, 0.717) is 18.3 Å². The number of ether oxygens (including phenoxy) is 2. The largest absolute Gasteiger partial charge is 0.497 e. The molecule has 0 saturated heterocycles. The second kappa shape index (κ2) is 6.84. The number of hydrogen-bond acceptors (Lipinski definition) is 6. The highest BCUT2D eigenvalue weighted by molar-refractivity contribution is 5.43. The van der Waals surface area contributed by atoms with Crippen LogP contribution in [0.15, 0.2) is 29.1 Å². The fourth-order valence-corrected chi connectivity index (χ4v) is 2.47. The number of anilines is 1. The van der Waals surface area contributed by atoms with Crippen LogP contribution in [0.1, 0.15) is 31.0 Å². The third-order valence-corrected chi connectivity index (χ3v) is 3.88. The number of H-pyrrole nitrogens is 1. The number of aromatic amines is 1. The van der Waals surface area contributed by atoms with Gasteiger partial charge in [0.05, 0.1) is 19.9 Å². The summed E-state index contributed by atoms with van der Waals surface area (Å²) in [4.78, 5) is 20.9. The van der Waals surface area contributed by atoms with Crippen molar-refractivity contribution in [2.45, 2.75) is 26.3 Å². The molecule has 0 aliphatic carbocycles. The third kappa shape index (κ3) is 3.42. The van der Waals surface area contributed by atoms with Crippen molar-refractivity contribution in [3.8, 4) is 11.5 Å². The topological polar surface area (TPSA) is 93.5 Å². The monoisotopic (exact) mass is 343 g/mol. The predicted octanol–water partition coefficient (Wildman–Crippen LogP) is 2.17. The molecule has 0 atom stereocenters. The number of aromatic nitrogens is 4. The molecule has 132 valence electrons. The maximum absolute atomic E-state index is 12.2. The first-order chi connectivity index (χ1) is 12.0. The minimum atomic E-state index is -0.187. The van der Waals surface area contributed by atoms with Crippen LogP contribution in [-0.2, 0) is 6.54 Å². The van der Waals surface area contributed by atoms with Gasteiger partial charge in [0.1, 0.15) is 11.5 Å². The summed E-state index contributed by atoms with van der Waals surface area (Å²) in [5.74, 6) is 2.43. The highest BCUT2D eigenvalue weighted by Crippen LogP contribution is 2.24. The summed E-state index contributed by atoms with van der Waals surface area (Å²) in [6.45, 7) is 4.42. The quantitative estimate of drug-likeness (QED) is 0.712. The van der Waals surface area contributed by atoms with Crippen LogP contribution in [0.2, 0.25) is 0 Å². The molecule has 2 heterocycles. The molecule has 0 saturated carbocycles. The van der Waals surface area contributed by atoms with Gasteiger partial charge in [-0.15, -0.1) is 0 Å². The summed E-state index contributed by atoms with van der Waals surface area (Å²) in [6.07, 6.45) is 0. The molecule has 0 bridgehead atoms. The average molecular weight is 343 g/mol. The summed E-state index contributed by atoms with van der Waals surface area (Å²) in [6, 6.07) is 7.08. The Labute approximate surface area is 144 Å². The van der Waals surface area contributed by atoms with Gasteiger partial charge in [-0.1, -0.05) is 13.8 Å². The Kier molecular flexibility index (Phi) is 4.60. The summed E-state index contributed by atoms with van der Waals surface area (Å²) in [7, 11) is 3.23. The summed E-state index contributed by atoms with van der Waals surface area (Å²) in [5.41, 5.74) is 1.44. The van der Waals surface area contributed by atoms with Gasteiger partial charge in [-0.05, 0) is 24.1 Å². The van der Waals surface area contributed by atoms with Crippen LogP contribution in [0, 0.1) is 0 Å². The van der Waals surface area contributed by atoms with E-state index < -0.39 is 0 Å². The average Bonchev–Trinajstić information content (AvgIpc) is 3.03. The second-order valence-corrected chi connectivity index (χ2v) is 5.91. The lowest BCUT2D eigenvalue weighted by atomic mass is 10.1. The van der Waals surface area contributed by atoms with Crippen LogP contribution in [0.4, 0.5) is 5.95 Å². The van der Waals surface area contributed by atoms with E-state index in [1.807, 2.05) is 32.0 Å². The zero-order chi connectivity index (χ0) is 18.0. The van der Waals surface area contributed by atoms with Crippen molar-refractivity contribution in [3.63, 3.8) is 0 Å². The standard InChI is InChI=1S/C17H21N5O3/c1-10(2)13-8-15(23)22-17(19-13)20-16(21-22)18-9-11-7-12(24-3)5-6-14(11)25-4/h5-8,10H,9H2,1-4H3,(H2,18,19,20,21). The molecule has 0 aliphatic rings. The van der Waals surface area contributed by atoms with Crippen LogP contribution in [0.25, 0.3) is 5.78 Å². The van der Waals surface area contributed by atoms with Gasteiger partial charge in [0.25, 0.3) is 11.3 Å². The van der Waals surface area contributed by atoms with Crippen molar-refractivity contribution < 1.29 is 9.47 Å². The molecule has 3 rings (SSSR count). The van der Waals surface area contributed by atoms with E-state index in [9.17, 15) is 4.79 Å². The number of hydrogen-bond donors (Lipinski definition) is 2. The van der Waals surface area contributed by atoms with Gasteiger partial charge in [0, 0.05) is 18.2 Å². The van der Waals surface area contributed by atoms with Crippen molar-refractivity contribution in [2.75, 3.05) is 19.5 Å². The van der Waals surface area contributed by atoms with E-state index in [-0.39, 0.29) is 11.5 Å². The van der Waals surface area contributed by atoms with Gasteiger partial charge >= 0.3 is 0 Å². The first kappa shape index (κ1) is 16.8. The predicted molar refractivity (Wildman–Crippen MR) is 94.6 cm³/mol. The Bertz CT molecular complexity index is 945. The van der Waals surface area contributed by atoms with Crippen LogP contribution in [-0.4, -0.2) is 33.8 Å². The lowest BCUT2D eigenvalue weighted by molar-refractivity contribution is 0.399. The lowest BCUT2D eigenvalue weighted by Crippen LogP contribution is -2.16. The Morgan fingerprint density at radius 2 is 2.00 bits per heavy atom. The maximum atomic E-state index is 12.2. The lowest BCUT2D eigenvalue weighted by Gasteiger charge is -2.10. The second-order valence-electron chi connectivity index (χ2n) is 5.91. The molecule has 0 spiro atoms. The van der Waals surface area contributed by atoms with Crippen molar-refractivity contribution in [1.29, 1.82) is 0 Å². The maximum Gasteiger partial charge on any atom is 0.274 e. The number of nitrogens with zero attached hydrogens (tertiary/aromatic N) is 3. The molecule has 8 heteroatoms. The van der Waals surface area contributed by atoms with Gasteiger partial charge < -0.3 is 14.8 Å². The van der Waals surface area contributed by atoms with E-state index in [2.05, 4.69) is 20.4 Å². The van der Waals surface area contributed by atoms with Crippen LogP contribution >= 0.6 is 0 Å². The number of benzene rings is 1. The van der Waals surface area contributed by atoms with Crippen LogP contribution < -0.4 is 20.3 Å². The summed E-state index contributed by atoms with van der Waals surface area (Å²) in [5, 5.41) is 6.06. The van der Waals surface area contributed by atoms with E-state index in [1.165, 1.54) is 10.6 Å². The summed E-state index contributed by atoms with van der Waals surface area (Å²) < 4.78 is 11.9. The Balaban J connectivity index is 1.87. The normalized spacial score (nSPS) is 11.1. The molecule has 2 aromatic heterocycles. The van der Waals surface area contributed by atoms with Gasteiger partial charge in [-0.3, -0.25) is 9.89 Å². The molecule has 0 aliphatic heterocycles. The van der Waals surface area contributed by atoms with Crippen molar-refractivity contribution in [3.05, 3.63) is 45.9 Å². The highest BCUT2D eigenvalue weighted by Gasteiger charge is 2.11. The first-order valence-electron chi connectivity index (χ1n) is 7.96. The van der Waals surface area contributed by atoms with Gasteiger partial charge in [0.15, 0.2) is 0 Å². The zero-order valence-electron chi connectivity index (χ0n) is 14.7. The van der Waals surface area contributed by atoms with E-state index >= 15 is 0 Å². The fourth-order valence-electron chi connectivity index (χ4n) is 2.47.